The van der Waals surface area contributed by atoms with Crippen LogP contribution in [0.2, 0.25) is 0 Å². The van der Waals surface area contributed by atoms with Gasteiger partial charge in [-0.1, -0.05) is 0 Å². The number of aromatic nitrogens is 3. The normalized spacial score (nSPS) is 19.4. The molecule has 1 N–H and O–H groups in total. The fraction of sp³-hybridized carbons (Fsp3) is 0.357. The standard InChI is InChI=1S/C14H16N4O/c19-12-2-1-9-18(10-12)14-4-3-13(16-17-14)11-5-7-15-8-6-11/h3-8,12,19H,1-2,9-10H2. The first kappa shape index (κ1) is 12.0. The molecule has 1 unspecified atom stereocenters. The van der Waals surface area contributed by atoms with Gasteiger partial charge in [0, 0.05) is 31.0 Å². The molecule has 0 aliphatic carbocycles. The van der Waals surface area contributed by atoms with Crippen LogP contribution in [0.15, 0.2) is 36.7 Å². The van der Waals surface area contributed by atoms with Gasteiger partial charge in [0.05, 0.1) is 11.8 Å². The summed E-state index contributed by atoms with van der Waals surface area (Å²) in [6, 6.07) is 7.74. The van der Waals surface area contributed by atoms with E-state index in [0.717, 1.165) is 36.5 Å². The Morgan fingerprint density at radius 3 is 2.63 bits per heavy atom. The lowest BCUT2D eigenvalue weighted by Crippen LogP contribution is -2.38. The van der Waals surface area contributed by atoms with Crippen molar-refractivity contribution in [2.24, 2.45) is 0 Å². The van der Waals surface area contributed by atoms with Crippen LogP contribution < -0.4 is 4.90 Å². The number of hydrogen-bond acceptors (Lipinski definition) is 5. The van der Waals surface area contributed by atoms with Gasteiger partial charge >= 0.3 is 0 Å². The van der Waals surface area contributed by atoms with E-state index in [-0.39, 0.29) is 6.10 Å². The lowest BCUT2D eigenvalue weighted by molar-refractivity contribution is 0.154. The molecule has 2 aromatic rings. The van der Waals surface area contributed by atoms with Crippen molar-refractivity contribution in [3.8, 4) is 11.3 Å². The summed E-state index contributed by atoms with van der Waals surface area (Å²) in [7, 11) is 0. The largest absolute Gasteiger partial charge is 0.391 e. The first-order valence-corrected chi connectivity index (χ1v) is 6.50. The van der Waals surface area contributed by atoms with Gasteiger partial charge in [0.25, 0.3) is 0 Å². The third-order valence-corrected chi connectivity index (χ3v) is 3.35. The Labute approximate surface area is 111 Å². The second-order valence-electron chi connectivity index (χ2n) is 4.75. The Morgan fingerprint density at radius 2 is 1.95 bits per heavy atom. The van der Waals surface area contributed by atoms with Crippen LogP contribution in [0.4, 0.5) is 5.82 Å². The molecule has 0 spiro atoms. The molecular formula is C14H16N4O. The highest BCUT2D eigenvalue weighted by Gasteiger charge is 2.19. The number of aliphatic hydroxyl groups excluding tert-OH is 1. The molecular weight excluding hydrogens is 240 g/mol. The molecule has 19 heavy (non-hydrogen) atoms. The third kappa shape index (κ3) is 2.71. The van der Waals surface area contributed by atoms with E-state index in [4.69, 9.17) is 0 Å². The van der Waals surface area contributed by atoms with Gasteiger partial charge < -0.3 is 10.0 Å². The summed E-state index contributed by atoms with van der Waals surface area (Å²) >= 11 is 0. The first-order valence-electron chi connectivity index (χ1n) is 6.50. The van der Waals surface area contributed by atoms with Gasteiger partial charge in [-0.05, 0) is 37.1 Å². The predicted molar refractivity (Wildman–Crippen MR) is 72.7 cm³/mol. The van der Waals surface area contributed by atoms with Crippen molar-refractivity contribution in [1.82, 2.24) is 15.2 Å². The fourth-order valence-electron chi connectivity index (χ4n) is 2.33. The molecule has 1 fully saturated rings. The minimum Gasteiger partial charge on any atom is -0.391 e. The molecule has 3 heterocycles. The number of piperidine rings is 1. The summed E-state index contributed by atoms with van der Waals surface area (Å²) < 4.78 is 0. The number of anilines is 1. The predicted octanol–water partition coefficient (Wildman–Crippen LogP) is 1.50. The molecule has 1 aliphatic rings. The Kier molecular flexibility index (Phi) is 3.37. The van der Waals surface area contributed by atoms with Crippen LogP contribution in [0.5, 0.6) is 0 Å². The second-order valence-corrected chi connectivity index (χ2v) is 4.75. The topological polar surface area (TPSA) is 62.1 Å². The van der Waals surface area contributed by atoms with Gasteiger partial charge in [0.15, 0.2) is 5.82 Å². The van der Waals surface area contributed by atoms with Gasteiger partial charge in [-0.15, -0.1) is 10.2 Å². The summed E-state index contributed by atoms with van der Waals surface area (Å²) in [5.41, 5.74) is 1.84. The SMILES string of the molecule is OC1CCCN(c2ccc(-c3ccncc3)nn2)C1. The van der Waals surface area contributed by atoms with Crippen LogP contribution in [0, 0.1) is 0 Å². The van der Waals surface area contributed by atoms with Crippen molar-refractivity contribution in [2.75, 3.05) is 18.0 Å². The molecule has 98 valence electrons. The van der Waals surface area contributed by atoms with Gasteiger partial charge in [-0.3, -0.25) is 4.98 Å². The number of β-amino-alcohol motifs (C(OH)–C–C–N with tert-alkyl or cyclic N) is 1. The number of rotatable bonds is 2. The van der Waals surface area contributed by atoms with Crippen molar-refractivity contribution in [3.05, 3.63) is 36.7 Å². The molecule has 2 aromatic heterocycles. The summed E-state index contributed by atoms with van der Waals surface area (Å²) in [5, 5.41) is 18.2. The molecule has 5 heteroatoms. The molecule has 0 aromatic carbocycles. The zero-order chi connectivity index (χ0) is 13.1. The highest BCUT2D eigenvalue weighted by Crippen LogP contribution is 2.20. The second kappa shape index (κ2) is 5.32. The van der Waals surface area contributed by atoms with E-state index >= 15 is 0 Å². The molecule has 0 radical (unpaired) electrons. The summed E-state index contributed by atoms with van der Waals surface area (Å²) in [5.74, 6) is 0.830. The minimum atomic E-state index is -0.254. The first-order chi connectivity index (χ1) is 9.33. The lowest BCUT2D eigenvalue weighted by atomic mass is 10.1. The Hall–Kier alpha value is -2.01. The third-order valence-electron chi connectivity index (χ3n) is 3.35. The van der Waals surface area contributed by atoms with E-state index in [1.807, 2.05) is 24.3 Å². The van der Waals surface area contributed by atoms with Crippen LogP contribution in [0.3, 0.4) is 0 Å². The smallest absolute Gasteiger partial charge is 0.151 e. The van der Waals surface area contributed by atoms with E-state index in [2.05, 4.69) is 20.1 Å². The van der Waals surface area contributed by atoms with Gasteiger partial charge in [0.2, 0.25) is 0 Å². The maximum absolute atomic E-state index is 9.68. The number of aliphatic hydroxyl groups is 1. The maximum Gasteiger partial charge on any atom is 0.151 e. The molecule has 1 atom stereocenters. The van der Waals surface area contributed by atoms with E-state index in [0.29, 0.717) is 6.54 Å². The molecule has 0 saturated carbocycles. The van der Waals surface area contributed by atoms with Crippen molar-refractivity contribution >= 4 is 5.82 Å². The zero-order valence-electron chi connectivity index (χ0n) is 10.6. The number of pyridine rings is 1. The molecule has 1 saturated heterocycles. The molecule has 1 aliphatic heterocycles. The highest BCUT2D eigenvalue weighted by atomic mass is 16.3. The number of hydrogen-bond donors (Lipinski definition) is 1. The summed E-state index contributed by atoms with van der Waals surface area (Å²) in [4.78, 5) is 6.07. The van der Waals surface area contributed by atoms with Crippen LogP contribution >= 0.6 is 0 Å². The average Bonchev–Trinajstić information content (AvgIpc) is 2.48. The van der Waals surface area contributed by atoms with E-state index in [1.165, 1.54) is 0 Å². The molecule has 3 rings (SSSR count). The highest BCUT2D eigenvalue weighted by molar-refractivity contribution is 5.58. The fourth-order valence-corrected chi connectivity index (χ4v) is 2.33. The maximum atomic E-state index is 9.68. The minimum absolute atomic E-state index is 0.254. The Bertz CT molecular complexity index is 529. The molecule has 0 bridgehead atoms. The quantitative estimate of drug-likeness (QED) is 0.882. The van der Waals surface area contributed by atoms with Gasteiger partial charge in [-0.25, -0.2) is 0 Å². The van der Waals surface area contributed by atoms with Crippen molar-refractivity contribution in [1.29, 1.82) is 0 Å². The zero-order valence-corrected chi connectivity index (χ0v) is 10.6. The average molecular weight is 256 g/mol. The number of nitrogens with zero attached hydrogens (tertiary/aromatic N) is 4. The molecule has 0 amide bonds. The van der Waals surface area contributed by atoms with Crippen molar-refractivity contribution in [2.45, 2.75) is 18.9 Å². The van der Waals surface area contributed by atoms with E-state index < -0.39 is 0 Å². The molecule has 5 nitrogen and oxygen atoms in total. The van der Waals surface area contributed by atoms with E-state index in [9.17, 15) is 5.11 Å². The Morgan fingerprint density at radius 1 is 1.11 bits per heavy atom. The van der Waals surface area contributed by atoms with Crippen molar-refractivity contribution < 1.29 is 5.11 Å². The summed E-state index contributed by atoms with van der Waals surface area (Å²) in [6.07, 6.45) is 5.10. The van der Waals surface area contributed by atoms with Crippen LogP contribution in [0.25, 0.3) is 11.3 Å². The van der Waals surface area contributed by atoms with E-state index in [1.54, 1.807) is 12.4 Å². The van der Waals surface area contributed by atoms with Crippen LogP contribution in [-0.4, -0.2) is 39.5 Å². The van der Waals surface area contributed by atoms with Crippen LogP contribution in [-0.2, 0) is 0 Å². The van der Waals surface area contributed by atoms with Crippen LogP contribution in [0.1, 0.15) is 12.8 Å². The van der Waals surface area contributed by atoms with Gasteiger partial charge in [-0.2, -0.15) is 0 Å². The summed E-state index contributed by atoms with van der Waals surface area (Å²) in [6.45, 7) is 1.57. The monoisotopic (exact) mass is 256 g/mol. The lowest BCUT2D eigenvalue weighted by Gasteiger charge is -2.30. The van der Waals surface area contributed by atoms with Crippen molar-refractivity contribution in [3.63, 3.8) is 0 Å². The Balaban J connectivity index is 1.79. The van der Waals surface area contributed by atoms with Gasteiger partial charge in [0.1, 0.15) is 0 Å².